The smallest absolute Gasteiger partial charge is 0.214 e. The van der Waals surface area contributed by atoms with Crippen LogP contribution in [0.25, 0.3) is 0 Å². The number of hydrogen-bond donors (Lipinski definition) is 1. The van der Waals surface area contributed by atoms with Gasteiger partial charge in [0.2, 0.25) is 10.0 Å². The van der Waals surface area contributed by atoms with Gasteiger partial charge in [-0.05, 0) is 46.1 Å². The van der Waals surface area contributed by atoms with Gasteiger partial charge in [-0.2, -0.15) is 4.31 Å². The number of sulfonamides is 1. The molecule has 0 aromatic rings. The zero-order valence-electron chi connectivity index (χ0n) is 12.0. The van der Waals surface area contributed by atoms with E-state index in [1.54, 1.807) is 4.31 Å². The Bertz CT molecular complexity index is 403. The van der Waals surface area contributed by atoms with E-state index in [-0.39, 0.29) is 6.04 Å². The van der Waals surface area contributed by atoms with Crippen molar-refractivity contribution < 1.29 is 13.5 Å². The van der Waals surface area contributed by atoms with Gasteiger partial charge in [-0.3, -0.25) is 0 Å². The highest BCUT2D eigenvalue weighted by Gasteiger charge is 2.36. The van der Waals surface area contributed by atoms with Crippen molar-refractivity contribution in [2.75, 3.05) is 31.9 Å². The number of aliphatic hydroxyl groups is 1. The van der Waals surface area contributed by atoms with Crippen molar-refractivity contribution in [1.82, 2.24) is 9.21 Å². The monoisotopic (exact) mass is 290 g/mol. The van der Waals surface area contributed by atoms with E-state index >= 15 is 0 Å². The number of likely N-dealkylation sites (tertiary alicyclic amines) is 1. The van der Waals surface area contributed by atoms with Gasteiger partial charge in [0.15, 0.2) is 0 Å². The first-order valence-electron chi connectivity index (χ1n) is 7.22. The lowest BCUT2D eigenvalue weighted by molar-refractivity contribution is 0.0493. The summed E-state index contributed by atoms with van der Waals surface area (Å²) in [5, 5.41) is 9.78. The molecular formula is C13H26N2O3S. The molecule has 0 spiro atoms. The molecule has 0 aromatic carbocycles. The maximum Gasteiger partial charge on any atom is 0.214 e. The van der Waals surface area contributed by atoms with Gasteiger partial charge < -0.3 is 10.0 Å². The highest BCUT2D eigenvalue weighted by molar-refractivity contribution is 7.89. The van der Waals surface area contributed by atoms with Crippen molar-refractivity contribution >= 4 is 10.0 Å². The molecule has 2 aliphatic heterocycles. The summed E-state index contributed by atoms with van der Waals surface area (Å²) in [6.45, 7) is 6.99. The van der Waals surface area contributed by atoms with Gasteiger partial charge in [0, 0.05) is 25.7 Å². The van der Waals surface area contributed by atoms with Gasteiger partial charge in [-0.25, -0.2) is 8.42 Å². The average Bonchev–Trinajstić information content (AvgIpc) is 2.66. The predicted molar refractivity (Wildman–Crippen MR) is 75.5 cm³/mol. The SMILES string of the molecule is CC(C)(O)CCN1CCCC(N2CCCS2(=O)=O)C1. The van der Waals surface area contributed by atoms with Crippen LogP contribution in [0, 0.1) is 0 Å². The van der Waals surface area contributed by atoms with Crippen LogP contribution >= 0.6 is 0 Å². The van der Waals surface area contributed by atoms with Crippen molar-refractivity contribution in [1.29, 1.82) is 0 Å². The molecule has 2 saturated heterocycles. The molecule has 5 nitrogen and oxygen atoms in total. The third-order valence-corrected chi connectivity index (χ3v) is 6.07. The Morgan fingerprint density at radius 1 is 1.26 bits per heavy atom. The maximum absolute atomic E-state index is 12.0. The molecule has 2 fully saturated rings. The fourth-order valence-electron chi connectivity index (χ4n) is 2.97. The van der Waals surface area contributed by atoms with Crippen LogP contribution in [0.5, 0.6) is 0 Å². The van der Waals surface area contributed by atoms with Crippen molar-refractivity contribution in [3.63, 3.8) is 0 Å². The Balaban J connectivity index is 1.90. The Morgan fingerprint density at radius 2 is 2.00 bits per heavy atom. The van der Waals surface area contributed by atoms with Crippen LogP contribution in [0.2, 0.25) is 0 Å². The summed E-state index contributed by atoms with van der Waals surface area (Å²) < 4.78 is 25.6. The number of piperidine rings is 1. The quantitative estimate of drug-likeness (QED) is 0.826. The summed E-state index contributed by atoms with van der Waals surface area (Å²) >= 11 is 0. The van der Waals surface area contributed by atoms with E-state index < -0.39 is 15.6 Å². The first kappa shape index (κ1) is 15.2. The largest absolute Gasteiger partial charge is 0.390 e. The van der Waals surface area contributed by atoms with Crippen LogP contribution in [-0.4, -0.2) is 66.3 Å². The topological polar surface area (TPSA) is 60.9 Å². The van der Waals surface area contributed by atoms with E-state index in [1.807, 2.05) is 13.8 Å². The molecule has 6 heteroatoms. The molecule has 2 heterocycles. The van der Waals surface area contributed by atoms with Crippen LogP contribution in [0.1, 0.15) is 39.5 Å². The van der Waals surface area contributed by atoms with E-state index in [1.165, 1.54) is 0 Å². The summed E-state index contributed by atoms with van der Waals surface area (Å²) in [7, 11) is -3.00. The van der Waals surface area contributed by atoms with Crippen LogP contribution in [0.3, 0.4) is 0 Å². The van der Waals surface area contributed by atoms with Gasteiger partial charge in [0.1, 0.15) is 0 Å². The van der Waals surface area contributed by atoms with Gasteiger partial charge in [-0.15, -0.1) is 0 Å². The Kier molecular flexibility index (Phi) is 4.55. The van der Waals surface area contributed by atoms with Crippen LogP contribution in [0.4, 0.5) is 0 Å². The standard InChI is InChI=1S/C13H26N2O3S/c1-13(2,16)6-9-14-7-3-5-12(11-14)15-8-4-10-19(15,17)18/h12,16H,3-11H2,1-2H3. The highest BCUT2D eigenvalue weighted by Crippen LogP contribution is 2.24. The molecule has 0 bridgehead atoms. The molecule has 112 valence electrons. The lowest BCUT2D eigenvalue weighted by Gasteiger charge is -2.37. The molecule has 1 unspecified atom stereocenters. The first-order valence-corrected chi connectivity index (χ1v) is 8.83. The third-order valence-electron chi connectivity index (χ3n) is 4.07. The van der Waals surface area contributed by atoms with Crippen LogP contribution < -0.4 is 0 Å². The average molecular weight is 290 g/mol. The zero-order chi connectivity index (χ0) is 14.1. The molecule has 0 radical (unpaired) electrons. The third kappa shape index (κ3) is 4.15. The lowest BCUT2D eigenvalue weighted by atomic mass is 10.0. The van der Waals surface area contributed by atoms with Crippen molar-refractivity contribution in [2.24, 2.45) is 0 Å². The molecular weight excluding hydrogens is 264 g/mol. The molecule has 19 heavy (non-hydrogen) atoms. The minimum Gasteiger partial charge on any atom is -0.390 e. The minimum absolute atomic E-state index is 0.142. The predicted octanol–water partition coefficient (Wildman–Crippen LogP) is 0.647. The lowest BCUT2D eigenvalue weighted by Crippen LogP contribution is -2.49. The zero-order valence-corrected chi connectivity index (χ0v) is 12.8. The molecule has 1 N–H and O–H groups in total. The number of hydrogen-bond acceptors (Lipinski definition) is 4. The fraction of sp³-hybridized carbons (Fsp3) is 1.00. The fourth-order valence-corrected chi connectivity index (χ4v) is 4.73. The number of rotatable bonds is 4. The van der Waals surface area contributed by atoms with E-state index in [0.717, 1.165) is 45.3 Å². The van der Waals surface area contributed by atoms with E-state index in [0.29, 0.717) is 12.3 Å². The highest BCUT2D eigenvalue weighted by atomic mass is 32.2. The van der Waals surface area contributed by atoms with Gasteiger partial charge >= 0.3 is 0 Å². The Labute approximate surface area is 116 Å². The molecule has 0 aliphatic carbocycles. The molecule has 0 aromatic heterocycles. The van der Waals surface area contributed by atoms with Crippen LogP contribution in [0.15, 0.2) is 0 Å². The summed E-state index contributed by atoms with van der Waals surface area (Å²) in [4.78, 5) is 2.29. The van der Waals surface area contributed by atoms with E-state index in [9.17, 15) is 13.5 Å². The van der Waals surface area contributed by atoms with Crippen LogP contribution in [-0.2, 0) is 10.0 Å². The normalized spacial score (nSPS) is 29.7. The van der Waals surface area contributed by atoms with Crippen molar-refractivity contribution in [3.8, 4) is 0 Å². The Morgan fingerprint density at radius 3 is 2.58 bits per heavy atom. The minimum atomic E-state index is -3.00. The number of nitrogens with zero attached hydrogens (tertiary/aromatic N) is 2. The summed E-state index contributed by atoms with van der Waals surface area (Å²) in [5.41, 5.74) is -0.646. The van der Waals surface area contributed by atoms with Crippen molar-refractivity contribution in [2.45, 2.75) is 51.2 Å². The molecule has 0 amide bonds. The summed E-state index contributed by atoms with van der Waals surface area (Å²) in [6, 6.07) is 0.142. The van der Waals surface area contributed by atoms with Crippen molar-refractivity contribution in [3.05, 3.63) is 0 Å². The first-order chi connectivity index (χ1) is 8.78. The second kappa shape index (κ2) is 5.68. The maximum atomic E-state index is 12.0. The molecule has 2 aliphatic rings. The molecule has 0 saturated carbocycles. The van der Waals surface area contributed by atoms with Gasteiger partial charge in [-0.1, -0.05) is 0 Å². The molecule has 2 rings (SSSR count). The molecule has 1 atom stereocenters. The van der Waals surface area contributed by atoms with Gasteiger partial charge in [0.05, 0.1) is 11.4 Å². The van der Waals surface area contributed by atoms with Gasteiger partial charge in [0.25, 0.3) is 0 Å². The Hall–Kier alpha value is -0.170. The summed E-state index contributed by atoms with van der Waals surface area (Å²) in [5.74, 6) is 0.313. The van der Waals surface area contributed by atoms with E-state index in [4.69, 9.17) is 0 Å². The second-order valence-corrected chi connectivity index (χ2v) is 8.48. The van der Waals surface area contributed by atoms with E-state index in [2.05, 4.69) is 4.90 Å². The summed E-state index contributed by atoms with van der Waals surface area (Å²) in [6.07, 6.45) is 3.51. The second-order valence-electron chi connectivity index (χ2n) is 6.44.